The van der Waals surface area contributed by atoms with Crippen molar-refractivity contribution in [2.75, 3.05) is 5.75 Å². The van der Waals surface area contributed by atoms with Gasteiger partial charge in [-0.2, -0.15) is 5.10 Å². The third-order valence-electron chi connectivity index (χ3n) is 3.76. The van der Waals surface area contributed by atoms with Crippen molar-refractivity contribution in [3.8, 4) is 5.69 Å². The molecule has 0 saturated carbocycles. The van der Waals surface area contributed by atoms with Crippen molar-refractivity contribution in [3.05, 3.63) is 66.0 Å². The number of carbonyl (C=O) groups excluding carboxylic acids is 1. The highest BCUT2D eigenvalue weighted by Gasteiger charge is 2.13. The first-order valence-corrected chi connectivity index (χ1v) is 9.43. The zero-order valence-electron chi connectivity index (χ0n) is 14.0. The number of aromatic nitrogens is 4. The number of fused-ring (bicyclic) bond motifs is 1. The van der Waals surface area contributed by atoms with Gasteiger partial charge in [-0.3, -0.25) is 4.79 Å². The Morgan fingerprint density at radius 3 is 3.00 bits per heavy atom. The van der Waals surface area contributed by atoms with E-state index in [1.807, 2.05) is 24.3 Å². The molecule has 0 fully saturated rings. The smallest absolute Gasteiger partial charge is 0.230 e. The van der Waals surface area contributed by atoms with Crippen molar-refractivity contribution in [1.29, 1.82) is 0 Å². The fourth-order valence-electron chi connectivity index (χ4n) is 2.52. The average Bonchev–Trinajstić information content (AvgIpc) is 3.34. The third kappa shape index (κ3) is 3.96. The zero-order chi connectivity index (χ0) is 18.6. The van der Waals surface area contributed by atoms with E-state index in [0.29, 0.717) is 28.0 Å². The van der Waals surface area contributed by atoms with Gasteiger partial charge in [-0.25, -0.2) is 14.6 Å². The van der Waals surface area contributed by atoms with E-state index in [9.17, 15) is 4.79 Å². The van der Waals surface area contributed by atoms with Gasteiger partial charge in [0.25, 0.3) is 0 Å². The molecule has 27 heavy (non-hydrogen) atoms. The first-order chi connectivity index (χ1) is 13.2. The molecule has 7 nitrogen and oxygen atoms in total. The van der Waals surface area contributed by atoms with E-state index in [-0.39, 0.29) is 11.7 Å². The molecule has 0 spiro atoms. The molecule has 9 heteroatoms. The maximum absolute atomic E-state index is 12.1. The SMILES string of the molecule is O=C(CSc1ncnc2c1cnn2-c1cccc(Cl)c1)NCc1ccco1. The molecule has 0 unspecified atom stereocenters. The van der Waals surface area contributed by atoms with Gasteiger partial charge in [-0.1, -0.05) is 29.4 Å². The predicted molar refractivity (Wildman–Crippen MR) is 103 cm³/mol. The first kappa shape index (κ1) is 17.6. The Hall–Kier alpha value is -2.84. The van der Waals surface area contributed by atoms with E-state index in [1.165, 1.54) is 18.1 Å². The van der Waals surface area contributed by atoms with Crippen LogP contribution in [0.1, 0.15) is 5.76 Å². The van der Waals surface area contributed by atoms with Crippen LogP contribution in [0.3, 0.4) is 0 Å². The molecule has 0 bridgehead atoms. The number of thioether (sulfide) groups is 1. The van der Waals surface area contributed by atoms with E-state index in [0.717, 1.165) is 11.1 Å². The maximum Gasteiger partial charge on any atom is 0.230 e. The Labute approximate surface area is 163 Å². The van der Waals surface area contributed by atoms with Gasteiger partial charge in [0.1, 0.15) is 17.1 Å². The Morgan fingerprint density at radius 1 is 1.26 bits per heavy atom. The summed E-state index contributed by atoms with van der Waals surface area (Å²) in [4.78, 5) is 20.7. The molecule has 1 N–H and O–H groups in total. The van der Waals surface area contributed by atoms with Crippen molar-refractivity contribution in [1.82, 2.24) is 25.1 Å². The minimum absolute atomic E-state index is 0.106. The molecular formula is C18H14ClN5O2S. The van der Waals surface area contributed by atoms with E-state index >= 15 is 0 Å². The van der Waals surface area contributed by atoms with Crippen molar-refractivity contribution in [3.63, 3.8) is 0 Å². The normalized spacial score (nSPS) is 11.0. The van der Waals surface area contributed by atoms with Crippen LogP contribution < -0.4 is 5.32 Å². The molecule has 0 aliphatic rings. The fourth-order valence-corrected chi connectivity index (χ4v) is 3.49. The van der Waals surface area contributed by atoms with E-state index in [2.05, 4.69) is 20.4 Å². The third-order valence-corrected chi connectivity index (χ3v) is 5.00. The van der Waals surface area contributed by atoms with Crippen LogP contribution >= 0.6 is 23.4 Å². The van der Waals surface area contributed by atoms with Gasteiger partial charge in [0.2, 0.25) is 5.91 Å². The van der Waals surface area contributed by atoms with Gasteiger partial charge in [-0.15, -0.1) is 0 Å². The number of carbonyl (C=O) groups is 1. The Bertz CT molecular complexity index is 1080. The number of halogens is 1. The van der Waals surface area contributed by atoms with Crippen LogP contribution in [0.5, 0.6) is 0 Å². The molecule has 0 radical (unpaired) electrons. The quantitative estimate of drug-likeness (QED) is 0.394. The molecule has 3 heterocycles. The van der Waals surface area contributed by atoms with Crippen LogP contribution in [0.2, 0.25) is 5.02 Å². The monoisotopic (exact) mass is 399 g/mol. The van der Waals surface area contributed by atoms with Crippen LogP contribution in [-0.2, 0) is 11.3 Å². The largest absolute Gasteiger partial charge is 0.467 e. The lowest BCUT2D eigenvalue weighted by atomic mass is 10.3. The van der Waals surface area contributed by atoms with Crippen molar-refractivity contribution < 1.29 is 9.21 Å². The topological polar surface area (TPSA) is 85.8 Å². The molecular weight excluding hydrogens is 386 g/mol. The highest BCUT2D eigenvalue weighted by Crippen LogP contribution is 2.26. The standard InChI is InChI=1S/C18H14ClN5O2S/c19-12-3-1-4-13(7-12)24-17-15(9-23-24)18(22-11-21-17)27-10-16(25)20-8-14-5-2-6-26-14/h1-7,9,11H,8,10H2,(H,20,25). The van der Waals surface area contributed by atoms with Gasteiger partial charge in [0.15, 0.2) is 5.65 Å². The molecule has 0 aliphatic heterocycles. The second-order valence-electron chi connectivity index (χ2n) is 5.60. The lowest BCUT2D eigenvalue weighted by molar-refractivity contribution is -0.118. The summed E-state index contributed by atoms with van der Waals surface area (Å²) in [6.45, 7) is 0.359. The highest BCUT2D eigenvalue weighted by atomic mass is 35.5. The molecule has 1 aromatic carbocycles. The van der Waals surface area contributed by atoms with E-state index in [1.54, 1.807) is 29.3 Å². The van der Waals surface area contributed by atoms with Gasteiger partial charge >= 0.3 is 0 Å². The summed E-state index contributed by atoms with van der Waals surface area (Å²) in [6, 6.07) is 11.0. The van der Waals surface area contributed by atoms with Crippen LogP contribution in [0.15, 0.2) is 64.6 Å². The first-order valence-electron chi connectivity index (χ1n) is 8.07. The number of hydrogen-bond acceptors (Lipinski definition) is 6. The summed E-state index contributed by atoms with van der Waals surface area (Å²) in [6.07, 6.45) is 4.74. The van der Waals surface area contributed by atoms with Crippen LogP contribution in [-0.4, -0.2) is 31.4 Å². The average molecular weight is 400 g/mol. The van der Waals surface area contributed by atoms with Crippen LogP contribution in [0.4, 0.5) is 0 Å². The molecule has 4 rings (SSSR count). The molecule has 0 atom stereocenters. The number of furan rings is 1. The molecule has 4 aromatic rings. The predicted octanol–water partition coefficient (Wildman–Crippen LogP) is 3.47. The number of amides is 1. The fraction of sp³-hybridized carbons (Fsp3) is 0.111. The summed E-state index contributed by atoms with van der Waals surface area (Å²) in [5.41, 5.74) is 1.47. The Morgan fingerprint density at radius 2 is 2.19 bits per heavy atom. The van der Waals surface area contributed by atoms with Gasteiger partial charge in [0.05, 0.1) is 35.8 Å². The summed E-state index contributed by atoms with van der Waals surface area (Å²) in [5.74, 6) is 0.834. The summed E-state index contributed by atoms with van der Waals surface area (Å²) < 4.78 is 6.89. The lowest BCUT2D eigenvalue weighted by Crippen LogP contribution is -2.24. The maximum atomic E-state index is 12.1. The van der Waals surface area contributed by atoms with Gasteiger partial charge in [-0.05, 0) is 30.3 Å². The minimum Gasteiger partial charge on any atom is -0.467 e. The molecule has 3 aromatic heterocycles. The van der Waals surface area contributed by atoms with E-state index in [4.69, 9.17) is 16.0 Å². The Kier molecular flexibility index (Phi) is 5.08. The minimum atomic E-state index is -0.106. The number of rotatable bonds is 6. The molecule has 0 aliphatic carbocycles. The lowest BCUT2D eigenvalue weighted by Gasteiger charge is -2.05. The van der Waals surface area contributed by atoms with Gasteiger partial charge < -0.3 is 9.73 Å². The van der Waals surface area contributed by atoms with Crippen molar-refractivity contribution in [2.45, 2.75) is 11.6 Å². The summed E-state index contributed by atoms with van der Waals surface area (Å²) in [7, 11) is 0. The number of hydrogen-bond donors (Lipinski definition) is 1. The summed E-state index contributed by atoms with van der Waals surface area (Å²) >= 11 is 7.40. The van der Waals surface area contributed by atoms with E-state index < -0.39 is 0 Å². The molecule has 1 amide bonds. The second kappa shape index (κ2) is 7.81. The van der Waals surface area contributed by atoms with Crippen molar-refractivity contribution in [2.24, 2.45) is 0 Å². The summed E-state index contributed by atoms with van der Waals surface area (Å²) in [5, 5.41) is 9.30. The van der Waals surface area contributed by atoms with Crippen molar-refractivity contribution >= 4 is 40.3 Å². The zero-order valence-corrected chi connectivity index (χ0v) is 15.6. The van der Waals surface area contributed by atoms with Crippen LogP contribution in [0.25, 0.3) is 16.7 Å². The molecule has 136 valence electrons. The number of nitrogens with one attached hydrogen (secondary N) is 1. The number of benzene rings is 1. The second-order valence-corrected chi connectivity index (χ2v) is 7.00. The number of nitrogens with zero attached hydrogens (tertiary/aromatic N) is 4. The van der Waals surface area contributed by atoms with Gasteiger partial charge in [0, 0.05) is 5.02 Å². The molecule has 0 saturated heterocycles. The Balaban J connectivity index is 1.49. The van der Waals surface area contributed by atoms with Crippen LogP contribution in [0, 0.1) is 0 Å². The highest BCUT2D eigenvalue weighted by molar-refractivity contribution is 8.00.